The van der Waals surface area contributed by atoms with Crippen molar-refractivity contribution in [3.05, 3.63) is 94.5 Å². The molecule has 2 unspecified atom stereocenters. The molecule has 3 aromatic rings. The number of carbonyl (C=O) groups is 3. The van der Waals surface area contributed by atoms with Gasteiger partial charge >= 0.3 is 5.97 Å². The molecule has 218 valence electrons. The van der Waals surface area contributed by atoms with Crippen LogP contribution in [0.5, 0.6) is 0 Å². The number of likely N-dealkylation sites (tertiary alicyclic amines) is 1. The Morgan fingerprint density at radius 3 is 2.26 bits per heavy atom. The summed E-state index contributed by atoms with van der Waals surface area (Å²) < 4.78 is 0. The third kappa shape index (κ3) is 7.35. The van der Waals surface area contributed by atoms with Crippen LogP contribution in [0.15, 0.2) is 72.8 Å². The molecule has 1 aliphatic heterocycles. The average molecular weight is 587 g/mol. The quantitative estimate of drug-likeness (QED) is 0.289. The van der Waals surface area contributed by atoms with Crippen LogP contribution in [0.25, 0.3) is 11.1 Å². The number of carboxylic acid groups (broad SMARTS) is 1. The Labute approximate surface area is 251 Å². The van der Waals surface area contributed by atoms with E-state index in [0.29, 0.717) is 54.1 Å². The van der Waals surface area contributed by atoms with Crippen LogP contribution in [0.4, 0.5) is 0 Å². The monoisotopic (exact) mass is 586 g/mol. The molecule has 9 heteroatoms. The van der Waals surface area contributed by atoms with Crippen LogP contribution in [-0.2, 0) is 4.79 Å². The van der Waals surface area contributed by atoms with Gasteiger partial charge < -0.3 is 20.6 Å². The summed E-state index contributed by atoms with van der Waals surface area (Å²) in [7, 11) is 0. The van der Waals surface area contributed by atoms with E-state index in [0.717, 1.165) is 12.1 Å². The molecule has 3 N–H and O–H groups in total. The normalized spacial score (nSPS) is 16.0. The Morgan fingerprint density at radius 2 is 1.67 bits per heavy atom. The van der Waals surface area contributed by atoms with Crippen molar-refractivity contribution in [2.75, 3.05) is 19.6 Å². The van der Waals surface area contributed by atoms with Gasteiger partial charge in [-0.15, -0.1) is 0 Å². The van der Waals surface area contributed by atoms with Crippen LogP contribution in [0.1, 0.15) is 65.3 Å². The van der Waals surface area contributed by atoms with Crippen molar-refractivity contribution >= 4 is 29.4 Å². The van der Waals surface area contributed by atoms with Crippen LogP contribution < -0.4 is 10.6 Å². The lowest BCUT2D eigenvalue weighted by molar-refractivity contribution is -0.125. The maximum absolute atomic E-state index is 13.7. The highest BCUT2D eigenvalue weighted by molar-refractivity contribution is 6.33. The number of piperidine rings is 1. The topological polar surface area (TPSA) is 123 Å². The summed E-state index contributed by atoms with van der Waals surface area (Å²) in [6.07, 6.45) is 1.38. The molecule has 8 nitrogen and oxygen atoms in total. The number of carboxylic acids is 1. The largest absolute Gasteiger partial charge is 0.478 e. The number of benzene rings is 3. The van der Waals surface area contributed by atoms with Gasteiger partial charge in [0.1, 0.15) is 11.6 Å². The molecule has 2 amide bonds. The lowest BCUT2D eigenvalue weighted by Gasteiger charge is -2.38. The molecule has 1 aliphatic rings. The highest BCUT2D eigenvalue weighted by Gasteiger charge is 2.38. The number of amides is 2. The van der Waals surface area contributed by atoms with Gasteiger partial charge in [0, 0.05) is 29.2 Å². The lowest BCUT2D eigenvalue weighted by atomic mass is 9.87. The van der Waals surface area contributed by atoms with Gasteiger partial charge in [0.05, 0.1) is 11.6 Å². The van der Waals surface area contributed by atoms with Gasteiger partial charge in [-0.3, -0.25) is 9.59 Å². The first-order chi connectivity index (χ1) is 20.1. The molecule has 0 bridgehead atoms. The molecule has 42 heavy (non-hydrogen) atoms. The number of halogens is 1. The Hall–Kier alpha value is -4.19. The predicted molar refractivity (Wildman–Crippen MR) is 162 cm³/mol. The second-order valence-corrected chi connectivity index (χ2v) is 11.2. The highest BCUT2D eigenvalue weighted by atomic mass is 35.5. The first-order valence-corrected chi connectivity index (χ1v) is 14.5. The molecule has 0 spiro atoms. The fourth-order valence-corrected chi connectivity index (χ4v) is 5.49. The number of hydrogen-bond acceptors (Lipinski definition) is 5. The minimum absolute atomic E-state index is 0.0340. The van der Waals surface area contributed by atoms with Gasteiger partial charge in [0.25, 0.3) is 5.91 Å². The second-order valence-electron chi connectivity index (χ2n) is 10.8. The Balaban J connectivity index is 1.54. The standard InChI is InChI=1S/C33H35ClN4O4/c1-3-38-17-15-33(21-35,16-18-38)37-31(40)29(19-22(2)23-7-5-4-6-8-23)36-30(39)25-11-9-24(10-12-25)27-20-26(32(41)42)13-14-28(27)34/h4-14,20,22,29H,3,15-19H2,1-2H3,(H,36,39)(H,37,40)(H,41,42). The van der Waals surface area contributed by atoms with E-state index in [1.165, 1.54) is 18.2 Å². The maximum Gasteiger partial charge on any atom is 0.335 e. The van der Waals surface area contributed by atoms with Gasteiger partial charge in [-0.05, 0) is 73.2 Å². The van der Waals surface area contributed by atoms with E-state index < -0.39 is 23.5 Å². The molecular formula is C33H35ClN4O4. The van der Waals surface area contributed by atoms with E-state index >= 15 is 0 Å². The Bertz CT molecular complexity index is 1460. The van der Waals surface area contributed by atoms with Crippen molar-refractivity contribution in [2.24, 2.45) is 0 Å². The molecule has 3 aromatic carbocycles. The fourth-order valence-electron chi connectivity index (χ4n) is 5.26. The summed E-state index contributed by atoms with van der Waals surface area (Å²) in [5.41, 5.74) is 1.69. The number of aromatic carboxylic acids is 1. The van der Waals surface area contributed by atoms with Crippen molar-refractivity contribution in [1.29, 1.82) is 5.26 Å². The SMILES string of the molecule is CCN1CCC(C#N)(NC(=O)C(CC(C)c2ccccc2)NC(=O)c2ccc(-c3cc(C(=O)O)ccc3Cl)cc2)CC1. The van der Waals surface area contributed by atoms with Gasteiger partial charge in [-0.1, -0.05) is 67.9 Å². The van der Waals surface area contributed by atoms with Crippen LogP contribution in [0.3, 0.4) is 0 Å². The Morgan fingerprint density at radius 1 is 1.02 bits per heavy atom. The van der Waals surface area contributed by atoms with E-state index in [1.807, 2.05) is 37.3 Å². The molecule has 2 atom stereocenters. The molecule has 4 rings (SSSR count). The highest BCUT2D eigenvalue weighted by Crippen LogP contribution is 2.30. The van der Waals surface area contributed by atoms with E-state index in [9.17, 15) is 24.8 Å². The summed E-state index contributed by atoms with van der Waals surface area (Å²) in [5.74, 6) is -1.91. The van der Waals surface area contributed by atoms with E-state index in [4.69, 9.17) is 11.6 Å². The number of carbonyl (C=O) groups excluding carboxylic acids is 2. The number of nitriles is 1. The first kappa shape index (κ1) is 30.8. The molecule has 1 heterocycles. The summed E-state index contributed by atoms with van der Waals surface area (Å²) in [4.78, 5) is 40.7. The molecule has 1 saturated heterocycles. The third-order valence-electron chi connectivity index (χ3n) is 7.98. The zero-order chi connectivity index (χ0) is 30.3. The lowest BCUT2D eigenvalue weighted by Crippen LogP contribution is -2.59. The first-order valence-electron chi connectivity index (χ1n) is 14.1. The molecular weight excluding hydrogens is 552 g/mol. The van der Waals surface area contributed by atoms with Gasteiger partial charge in [0.2, 0.25) is 5.91 Å². The number of nitrogens with one attached hydrogen (secondary N) is 2. The smallest absolute Gasteiger partial charge is 0.335 e. The van der Waals surface area contributed by atoms with Gasteiger partial charge in [0.15, 0.2) is 0 Å². The van der Waals surface area contributed by atoms with E-state index in [-0.39, 0.29) is 17.4 Å². The van der Waals surface area contributed by atoms with E-state index in [2.05, 4.69) is 28.5 Å². The fraction of sp³-hybridized carbons (Fsp3) is 0.333. The second kappa shape index (κ2) is 13.6. The van der Waals surface area contributed by atoms with Crippen molar-refractivity contribution in [3.8, 4) is 17.2 Å². The van der Waals surface area contributed by atoms with Crippen molar-refractivity contribution < 1.29 is 19.5 Å². The zero-order valence-electron chi connectivity index (χ0n) is 23.8. The summed E-state index contributed by atoms with van der Waals surface area (Å²) >= 11 is 6.32. The van der Waals surface area contributed by atoms with E-state index in [1.54, 1.807) is 24.3 Å². The summed E-state index contributed by atoms with van der Waals surface area (Å²) in [6.45, 7) is 6.40. The average Bonchev–Trinajstić information content (AvgIpc) is 3.01. The minimum atomic E-state index is -1.06. The maximum atomic E-state index is 13.7. The zero-order valence-corrected chi connectivity index (χ0v) is 24.5. The van der Waals surface area contributed by atoms with Crippen LogP contribution in [-0.4, -0.2) is 59.0 Å². The Kier molecular flexibility index (Phi) is 10.00. The molecule has 0 saturated carbocycles. The number of rotatable bonds is 10. The molecule has 0 aliphatic carbocycles. The molecule has 1 fully saturated rings. The van der Waals surface area contributed by atoms with Crippen molar-refractivity contribution in [2.45, 2.75) is 50.6 Å². The van der Waals surface area contributed by atoms with Crippen LogP contribution in [0.2, 0.25) is 5.02 Å². The summed E-state index contributed by atoms with van der Waals surface area (Å²) in [5, 5.41) is 25.6. The minimum Gasteiger partial charge on any atom is -0.478 e. The summed E-state index contributed by atoms with van der Waals surface area (Å²) in [6, 6.07) is 22.3. The third-order valence-corrected chi connectivity index (χ3v) is 8.31. The van der Waals surface area contributed by atoms with Crippen LogP contribution in [0, 0.1) is 11.3 Å². The van der Waals surface area contributed by atoms with Crippen LogP contribution >= 0.6 is 11.6 Å². The van der Waals surface area contributed by atoms with Crippen molar-refractivity contribution in [1.82, 2.24) is 15.5 Å². The number of nitrogens with zero attached hydrogens (tertiary/aromatic N) is 2. The van der Waals surface area contributed by atoms with Gasteiger partial charge in [-0.2, -0.15) is 5.26 Å². The predicted octanol–water partition coefficient (Wildman–Crippen LogP) is 5.49. The molecule has 0 radical (unpaired) electrons. The number of hydrogen-bond donors (Lipinski definition) is 3. The van der Waals surface area contributed by atoms with Gasteiger partial charge in [-0.25, -0.2) is 4.79 Å². The molecule has 0 aromatic heterocycles. The van der Waals surface area contributed by atoms with Crippen molar-refractivity contribution in [3.63, 3.8) is 0 Å².